The van der Waals surface area contributed by atoms with E-state index in [2.05, 4.69) is 29.2 Å². The van der Waals surface area contributed by atoms with E-state index in [1.807, 2.05) is 26.0 Å². The highest BCUT2D eigenvalue weighted by Crippen LogP contribution is 2.26. The number of hydrogen-bond acceptors (Lipinski definition) is 3. The molecular weight excluding hydrogens is 260 g/mol. The molecule has 0 amide bonds. The van der Waals surface area contributed by atoms with Crippen molar-refractivity contribution in [2.75, 3.05) is 11.4 Å². The Morgan fingerprint density at radius 3 is 2.67 bits per heavy atom. The molecule has 3 heteroatoms. The summed E-state index contributed by atoms with van der Waals surface area (Å²) in [5.41, 5.74) is 4.71. The summed E-state index contributed by atoms with van der Waals surface area (Å²) in [6.07, 6.45) is 1.38. The molecule has 21 heavy (non-hydrogen) atoms. The molecule has 110 valence electrons. The van der Waals surface area contributed by atoms with Crippen LogP contribution in [0, 0.1) is 6.92 Å². The molecule has 0 aliphatic carbocycles. The average molecular weight is 282 g/mol. The molecule has 0 saturated heterocycles. The highest BCUT2D eigenvalue weighted by Gasteiger charge is 2.18. The molecule has 1 aliphatic rings. The number of fused-ring (bicyclic) bond motifs is 1. The van der Waals surface area contributed by atoms with E-state index in [-0.39, 0.29) is 0 Å². The summed E-state index contributed by atoms with van der Waals surface area (Å²) in [5.74, 6) is 1.01. The van der Waals surface area contributed by atoms with Crippen molar-refractivity contribution in [3.05, 3.63) is 58.8 Å². The second-order valence-electron chi connectivity index (χ2n) is 5.71. The normalized spacial score (nSPS) is 15.7. The number of pyridine rings is 1. The first-order chi connectivity index (χ1) is 10.2. The smallest absolute Gasteiger partial charge is 0.129 e. The number of nitrogens with zero attached hydrogens (tertiary/aromatic N) is 2. The molecule has 1 aliphatic heterocycles. The van der Waals surface area contributed by atoms with E-state index in [1.54, 1.807) is 0 Å². The maximum atomic E-state index is 9.99. The highest BCUT2D eigenvalue weighted by atomic mass is 16.3. The zero-order chi connectivity index (χ0) is 14.8. The van der Waals surface area contributed by atoms with Crippen LogP contribution in [0.2, 0.25) is 0 Å². The molecule has 0 bridgehead atoms. The molecule has 1 aromatic carbocycles. The van der Waals surface area contributed by atoms with Crippen molar-refractivity contribution in [1.82, 2.24) is 4.98 Å². The number of aliphatic hydroxyl groups excluding tert-OH is 1. The largest absolute Gasteiger partial charge is 0.388 e. The van der Waals surface area contributed by atoms with Crippen LogP contribution in [0.5, 0.6) is 0 Å². The Morgan fingerprint density at radius 2 is 1.95 bits per heavy atom. The summed E-state index contributed by atoms with van der Waals surface area (Å²) >= 11 is 0. The number of aliphatic hydroxyl groups is 1. The summed E-state index contributed by atoms with van der Waals surface area (Å²) < 4.78 is 0. The Hall–Kier alpha value is -1.87. The Bertz CT molecular complexity index is 639. The number of rotatable bonds is 3. The molecule has 0 fully saturated rings. The molecule has 0 radical (unpaired) electrons. The van der Waals surface area contributed by atoms with Gasteiger partial charge in [-0.3, -0.25) is 0 Å². The van der Waals surface area contributed by atoms with Crippen LogP contribution in [0.3, 0.4) is 0 Å². The topological polar surface area (TPSA) is 36.4 Å². The Morgan fingerprint density at radius 1 is 1.19 bits per heavy atom. The van der Waals surface area contributed by atoms with Gasteiger partial charge in [-0.15, -0.1) is 0 Å². The number of aromatic nitrogens is 1. The lowest BCUT2D eigenvalue weighted by atomic mass is 10.00. The standard InChI is InChI=1S/C18H22N2O/c1-3-17(21)16-8-9-18(19-13(16)2)20-11-10-14-6-4-5-7-15(14)12-20/h4-9,17,21H,3,10-12H2,1-2H3/t17-/m0/s1. The van der Waals surface area contributed by atoms with E-state index in [9.17, 15) is 5.11 Å². The molecule has 0 spiro atoms. The third-order valence-electron chi connectivity index (χ3n) is 4.31. The molecule has 1 atom stereocenters. The Kier molecular flexibility index (Phi) is 3.93. The van der Waals surface area contributed by atoms with Gasteiger partial charge in [0.05, 0.1) is 6.10 Å². The molecule has 1 N–H and O–H groups in total. The van der Waals surface area contributed by atoms with Crippen LogP contribution >= 0.6 is 0 Å². The third kappa shape index (κ3) is 2.79. The predicted octanol–water partition coefficient (Wildman–Crippen LogP) is 3.40. The molecular formula is C18H22N2O. The van der Waals surface area contributed by atoms with Crippen LogP contribution in [0.1, 0.15) is 41.8 Å². The zero-order valence-corrected chi connectivity index (χ0v) is 12.7. The first-order valence-electron chi connectivity index (χ1n) is 7.66. The molecule has 2 aromatic rings. The minimum atomic E-state index is -0.409. The van der Waals surface area contributed by atoms with Crippen LogP contribution in [0.15, 0.2) is 36.4 Å². The summed E-state index contributed by atoms with van der Waals surface area (Å²) in [7, 11) is 0. The second kappa shape index (κ2) is 5.86. The van der Waals surface area contributed by atoms with Crippen molar-refractivity contribution >= 4 is 5.82 Å². The van der Waals surface area contributed by atoms with Crippen LogP contribution < -0.4 is 4.90 Å². The van der Waals surface area contributed by atoms with E-state index < -0.39 is 6.10 Å². The third-order valence-corrected chi connectivity index (χ3v) is 4.31. The van der Waals surface area contributed by atoms with Crippen LogP contribution in [0.25, 0.3) is 0 Å². The van der Waals surface area contributed by atoms with Gasteiger partial charge in [-0.25, -0.2) is 4.98 Å². The van der Waals surface area contributed by atoms with Gasteiger partial charge in [0.1, 0.15) is 5.82 Å². The fourth-order valence-electron chi connectivity index (χ4n) is 3.00. The van der Waals surface area contributed by atoms with Crippen molar-refractivity contribution in [3.8, 4) is 0 Å². The monoisotopic (exact) mass is 282 g/mol. The maximum absolute atomic E-state index is 9.99. The summed E-state index contributed by atoms with van der Waals surface area (Å²) in [5, 5.41) is 9.99. The summed E-state index contributed by atoms with van der Waals surface area (Å²) in [6, 6.07) is 12.7. The first kappa shape index (κ1) is 14.1. The molecule has 1 aromatic heterocycles. The molecule has 0 unspecified atom stereocenters. The van der Waals surface area contributed by atoms with Crippen molar-refractivity contribution in [3.63, 3.8) is 0 Å². The summed E-state index contributed by atoms with van der Waals surface area (Å²) in [6.45, 7) is 5.88. The number of benzene rings is 1. The molecule has 2 heterocycles. The second-order valence-corrected chi connectivity index (χ2v) is 5.71. The lowest BCUT2D eigenvalue weighted by Gasteiger charge is -2.30. The maximum Gasteiger partial charge on any atom is 0.129 e. The van der Waals surface area contributed by atoms with E-state index in [0.29, 0.717) is 0 Å². The average Bonchev–Trinajstić information content (AvgIpc) is 2.53. The molecule has 0 saturated carbocycles. The van der Waals surface area contributed by atoms with Gasteiger partial charge in [0.15, 0.2) is 0 Å². The van der Waals surface area contributed by atoms with Gasteiger partial charge in [0, 0.05) is 24.3 Å². The van der Waals surface area contributed by atoms with Crippen molar-refractivity contribution in [2.24, 2.45) is 0 Å². The minimum Gasteiger partial charge on any atom is -0.388 e. The highest BCUT2D eigenvalue weighted by molar-refractivity contribution is 5.46. The predicted molar refractivity (Wildman–Crippen MR) is 85.4 cm³/mol. The minimum absolute atomic E-state index is 0.409. The lowest BCUT2D eigenvalue weighted by molar-refractivity contribution is 0.172. The fourth-order valence-corrected chi connectivity index (χ4v) is 3.00. The van der Waals surface area contributed by atoms with Gasteiger partial charge in [0.25, 0.3) is 0 Å². The van der Waals surface area contributed by atoms with Gasteiger partial charge in [-0.1, -0.05) is 37.3 Å². The Labute approximate surface area is 126 Å². The van der Waals surface area contributed by atoms with Gasteiger partial charge in [-0.2, -0.15) is 0 Å². The summed E-state index contributed by atoms with van der Waals surface area (Å²) in [4.78, 5) is 7.02. The van der Waals surface area contributed by atoms with E-state index >= 15 is 0 Å². The number of hydrogen-bond donors (Lipinski definition) is 1. The van der Waals surface area contributed by atoms with Crippen LogP contribution in [0.4, 0.5) is 5.82 Å². The fraction of sp³-hybridized carbons (Fsp3) is 0.389. The van der Waals surface area contributed by atoms with E-state index in [1.165, 1.54) is 11.1 Å². The van der Waals surface area contributed by atoms with Crippen molar-refractivity contribution < 1.29 is 5.11 Å². The van der Waals surface area contributed by atoms with Crippen LogP contribution in [-0.4, -0.2) is 16.6 Å². The zero-order valence-electron chi connectivity index (χ0n) is 12.7. The number of anilines is 1. The Balaban J connectivity index is 1.84. The molecule has 3 rings (SSSR count). The number of aryl methyl sites for hydroxylation is 1. The van der Waals surface area contributed by atoms with Gasteiger partial charge in [-0.05, 0) is 37.0 Å². The SMILES string of the molecule is CC[C@H](O)c1ccc(N2CCc3ccccc3C2)nc1C. The van der Waals surface area contributed by atoms with Crippen LogP contribution in [-0.2, 0) is 13.0 Å². The van der Waals surface area contributed by atoms with Crippen molar-refractivity contribution in [2.45, 2.75) is 39.3 Å². The van der Waals surface area contributed by atoms with Gasteiger partial charge >= 0.3 is 0 Å². The van der Waals surface area contributed by atoms with Gasteiger partial charge < -0.3 is 10.0 Å². The first-order valence-corrected chi connectivity index (χ1v) is 7.66. The van der Waals surface area contributed by atoms with Crippen molar-refractivity contribution in [1.29, 1.82) is 0 Å². The van der Waals surface area contributed by atoms with E-state index in [4.69, 9.17) is 4.98 Å². The lowest BCUT2D eigenvalue weighted by Crippen LogP contribution is -2.31. The molecule has 3 nitrogen and oxygen atoms in total. The van der Waals surface area contributed by atoms with Gasteiger partial charge in [0.2, 0.25) is 0 Å². The quantitative estimate of drug-likeness (QED) is 0.937. The van der Waals surface area contributed by atoms with E-state index in [0.717, 1.165) is 43.0 Å².